The largest absolute Gasteiger partial charge is 0.407 e. The first-order valence-corrected chi connectivity index (χ1v) is 5.18. The Labute approximate surface area is 95.7 Å². The first-order chi connectivity index (χ1) is 6.32. The van der Waals surface area contributed by atoms with Crippen LogP contribution in [0.2, 0.25) is 0 Å². The third-order valence-electron chi connectivity index (χ3n) is 1.66. The van der Waals surface area contributed by atoms with Gasteiger partial charge in [-0.2, -0.15) is 13.2 Å². The molecule has 0 heterocycles. The van der Waals surface area contributed by atoms with Gasteiger partial charge in [0, 0.05) is 8.95 Å². The molecule has 78 valence electrons. The quantitative estimate of drug-likeness (QED) is 0.832. The molecule has 0 aromatic heterocycles. The number of halogens is 5. The average Bonchev–Trinajstić information content (AvgIpc) is 2.07. The molecule has 0 aliphatic carbocycles. The van der Waals surface area contributed by atoms with E-state index in [0.29, 0.717) is 8.95 Å². The molecule has 2 N–H and O–H groups in total. The summed E-state index contributed by atoms with van der Waals surface area (Å²) in [6, 6.07) is 2.27. The second-order valence-corrected chi connectivity index (χ2v) is 4.40. The minimum Gasteiger partial charge on any atom is -0.316 e. The highest BCUT2D eigenvalue weighted by atomic mass is 79.9. The average molecular weight is 333 g/mol. The molecule has 0 saturated heterocycles. The topological polar surface area (TPSA) is 26.0 Å². The van der Waals surface area contributed by atoms with E-state index in [9.17, 15) is 13.2 Å². The van der Waals surface area contributed by atoms with Gasteiger partial charge in [-0.15, -0.1) is 0 Å². The predicted octanol–water partition coefficient (Wildman–Crippen LogP) is 3.77. The Balaban J connectivity index is 3.03. The van der Waals surface area contributed by atoms with Crippen molar-refractivity contribution in [3.63, 3.8) is 0 Å². The van der Waals surface area contributed by atoms with Crippen LogP contribution in [0.1, 0.15) is 11.6 Å². The van der Waals surface area contributed by atoms with Crippen molar-refractivity contribution in [2.45, 2.75) is 12.2 Å². The van der Waals surface area contributed by atoms with Crippen molar-refractivity contribution in [2.75, 3.05) is 0 Å². The zero-order valence-corrected chi connectivity index (χ0v) is 9.95. The summed E-state index contributed by atoms with van der Waals surface area (Å²) in [5, 5.41) is 0. The number of nitrogens with two attached hydrogens (primary N) is 1. The molecular formula is C8H6Br2F3N. The normalized spacial score (nSPS) is 14.1. The fourth-order valence-corrected chi connectivity index (χ4v) is 1.54. The highest BCUT2D eigenvalue weighted by Gasteiger charge is 2.37. The molecule has 0 spiro atoms. The van der Waals surface area contributed by atoms with Crippen molar-refractivity contribution in [3.05, 3.63) is 32.7 Å². The molecule has 1 aromatic rings. The zero-order chi connectivity index (χ0) is 10.9. The summed E-state index contributed by atoms with van der Waals surface area (Å²) in [5.41, 5.74) is 5.06. The van der Waals surface area contributed by atoms with E-state index in [2.05, 4.69) is 31.9 Å². The van der Waals surface area contributed by atoms with Crippen LogP contribution in [-0.4, -0.2) is 6.18 Å². The summed E-state index contributed by atoms with van der Waals surface area (Å²) in [6.07, 6.45) is -4.41. The van der Waals surface area contributed by atoms with Gasteiger partial charge in [-0.25, -0.2) is 0 Å². The first kappa shape index (κ1) is 12.0. The third kappa shape index (κ3) is 2.71. The van der Waals surface area contributed by atoms with Crippen LogP contribution in [0, 0.1) is 0 Å². The number of benzene rings is 1. The van der Waals surface area contributed by atoms with Crippen LogP contribution in [0.15, 0.2) is 27.1 Å². The minimum atomic E-state index is -4.41. The molecule has 6 heteroatoms. The lowest BCUT2D eigenvalue weighted by molar-refractivity contribution is -0.149. The molecule has 0 amide bonds. The molecule has 14 heavy (non-hydrogen) atoms. The van der Waals surface area contributed by atoms with E-state index in [4.69, 9.17) is 5.73 Å². The molecule has 1 aromatic carbocycles. The molecule has 0 bridgehead atoms. The van der Waals surface area contributed by atoms with Crippen LogP contribution in [0.5, 0.6) is 0 Å². The van der Waals surface area contributed by atoms with Gasteiger partial charge in [-0.05, 0) is 49.6 Å². The van der Waals surface area contributed by atoms with Gasteiger partial charge in [0.25, 0.3) is 0 Å². The summed E-state index contributed by atoms with van der Waals surface area (Å²) >= 11 is 6.27. The number of alkyl halides is 3. The van der Waals surface area contributed by atoms with Crippen LogP contribution in [-0.2, 0) is 0 Å². The van der Waals surface area contributed by atoms with Crippen molar-refractivity contribution >= 4 is 31.9 Å². The van der Waals surface area contributed by atoms with Crippen molar-refractivity contribution in [2.24, 2.45) is 5.73 Å². The Kier molecular flexibility index (Phi) is 3.60. The van der Waals surface area contributed by atoms with Gasteiger partial charge >= 0.3 is 6.18 Å². The fraction of sp³-hybridized carbons (Fsp3) is 0.250. The van der Waals surface area contributed by atoms with E-state index in [0.717, 1.165) is 0 Å². The Bertz CT molecular complexity index is 338. The van der Waals surface area contributed by atoms with Crippen LogP contribution in [0.25, 0.3) is 0 Å². The Morgan fingerprint density at radius 3 is 2.14 bits per heavy atom. The fourth-order valence-electron chi connectivity index (χ4n) is 0.895. The monoisotopic (exact) mass is 331 g/mol. The number of hydrogen-bond donors (Lipinski definition) is 1. The lowest BCUT2D eigenvalue weighted by atomic mass is 10.1. The van der Waals surface area contributed by atoms with Crippen molar-refractivity contribution in [1.29, 1.82) is 0 Å². The Morgan fingerprint density at radius 1 is 1.14 bits per heavy atom. The van der Waals surface area contributed by atoms with E-state index < -0.39 is 12.2 Å². The zero-order valence-electron chi connectivity index (χ0n) is 6.78. The van der Waals surface area contributed by atoms with Gasteiger partial charge in [-0.1, -0.05) is 6.07 Å². The molecular weight excluding hydrogens is 327 g/mol. The van der Waals surface area contributed by atoms with Crippen LogP contribution >= 0.6 is 31.9 Å². The third-order valence-corrected chi connectivity index (χ3v) is 3.54. The summed E-state index contributed by atoms with van der Waals surface area (Å²) < 4.78 is 37.9. The Morgan fingerprint density at radius 2 is 1.71 bits per heavy atom. The summed E-state index contributed by atoms with van der Waals surface area (Å²) in [5.74, 6) is 0. The first-order valence-electron chi connectivity index (χ1n) is 3.59. The van der Waals surface area contributed by atoms with Gasteiger partial charge in [0.15, 0.2) is 0 Å². The Hall–Kier alpha value is -0.0700. The van der Waals surface area contributed by atoms with Crippen LogP contribution in [0.4, 0.5) is 13.2 Å². The van der Waals surface area contributed by atoms with Crippen molar-refractivity contribution < 1.29 is 13.2 Å². The second-order valence-electron chi connectivity index (χ2n) is 2.69. The van der Waals surface area contributed by atoms with Gasteiger partial charge in [-0.3, -0.25) is 0 Å². The molecule has 0 unspecified atom stereocenters. The highest BCUT2D eigenvalue weighted by Crippen LogP contribution is 2.33. The molecule has 1 rings (SSSR count). The van der Waals surface area contributed by atoms with Crippen molar-refractivity contribution in [3.8, 4) is 0 Å². The SMILES string of the molecule is N[C@H](c1ccc(Br)c(Br)c1)C(F)(F)F. The molecule has 0 aliphatic heterocycles. The van der Waals surface area contributed by atoms with E-state index in [1.807, 2.05) is 0 Å². The minimum absolute atomic E-state index is 0.0348. The summed E-state index contributed by atoms with van der Waals surface area (Å²) in [6.45, 7) is 0. The van der Waals surface area contributed by atoms with Gasteiger partial charge < -0.3 is 5.73 Å². The highest BCUT2D eigenvalue weighted by molar-refractivity contribution is 9.13. The van der Waals surface area contributed by atoms with E-state index in [1.54, 1.807) is 0 Å². The van der Waals surface area contributed by atoms with E-state index >= 15 is 0 Å². The van der Waals surface area contributed by atoms with E-state index in [-0.39, 0.29) is 5.56 Å². The standard InChI is InChI=1S/C8H6Br2F3N/c9-5-2-1-4(3-6(5)10)7(14)8(11,12)13/h1-3,7H,14H2/t7-/m1/s1. The maximum Gasteiger partial charge on any atom is 0.407 e. The molecule has 0 fully saturated rings. The maximum atomic E-state index is 12.2. The predicted molar refractivity (Wildman–Crippen MR) is 54.8 cm³/mol. The molecule has 1 atom stereocenters. The molecule has 0 aliphatic rings. The maximum absolute atomic E-state index is 12.2. The number of rotatable bonds is 1. The van der Waals surface area contributed by atoms with E-state index in [1.165, 1.54) is 18.2 Å². The van der Waals surface area contributed by atoms with Crippen LogP contribution in [0.3, 0.4) is 0 Å². The lowest BCUT2D eigenvalue weighted by Crippen LogP contribution is -2.28. The molecule has 1 nitrogen and oxygen atoms in total. The number of hydrogen-bond acceptors (Lipinski definition) is 1. The smallest absolute Gasteiger partial charge is 0.316 e. The van der Waals surface area contributed by atoms with Crippen molar-refractivity contribution in [1.82, 2.24) is 0 Å². The lowest BCUT2D eigenvalue weighted by Gasteiger charge is -2.16. The second kappa shape index (κ2) is 4.20. The van der Waals surface area contributed by atoms with Gasteiger partial charge in [0.2, 0.25) is 0 Å². The summed E-state index contributed by atoms with van der Waals surface area (Å²) in [4.78, 5) is 0. The van der Waals surface area contributed by atoms with Gasteiger partial charge in [0.1, 0.15) is 6.04 Å². The summed E-state index contributed by atoms with van der Waals surface area (Å²) in [7, 11) is 0. The molecule has 0 saturated carbocycles. The molecule has 0 radical (unpaired) electrons. The van der Waals surface area contributed by atoms with Crippen LogP contribution < -0.4 is 5.73 Å². The van der Waals surface area contributed by atoms with Gasteiger partial charge in [0.05, 0.1) is 0 Å².